The highest BCUT2D eigenvalue weighted by molar-refractivity contribution is 5.94. The summed E-state index contributed by atoms with van der Waals surface area (Å²) >= 11 is 0. The second-order valence-corrected chi connectivity index (χ2v) is 22.4. The van der Waals surface area contributed by atoms with E-state index in [0.29, 0.717) is 24.2 Å². The van der Waals surface area contributed by atoms with Crippen molar-refractivity contribution in [2.45, 2.75) is 163 Å². The predicted octanol–water partition coefficient (Wildman–Crippen LogP) is 5.76. The third-order valence-corrected chi connectivity index (χ3v) is 14.0. The summed E-state index contributed by atoms with van der Waals surface area (Å²) in [5, 5.41) is 8.54. The Morgan fingerprint density at radius 3 is 1.08 bits per heavy atom. The number of hydrogen-bond donors (Lipinski definition) is 0. The highest BCUT2D eigenvalue weighted by Crippen LogP contribution is 2.25. The number of carbonyl (C=O) groups excluding carboxylic acids is 8. The van der Waals surface area contributed by atoms with Crippen LogP contribution in [0.4, 0.5) is 0 Å². The van der Waals surface area contributed by atoms with Gasteiger partial charge in [0.05, 0.1) is 13.1 Å². The van der Waals surface area contributed by atoms with Gasteiger partial charge in [-0.2, -0.15) is 10.2 Å². The number of hydrogen-bond acceptors (Lipinski definition) is 14. The molecular formula is C59H82N8O12. The van der Waals surface area contributed by atoms with E-state index in [0.717, 1.165) is 30.7 Å². The molecule has 2 aromatic carbocycles. The number of amides is 4. The van der Waals surface area contributed by atoms with Gasteiger partial charge in [-0.25, -0.2) is 19.2 Å². The van der Waals surface area contributed by atoms with Crippen molar-refractivity contribution in [3.8, 4) is 0 Å². The standard InChI is InChI=1S/C59H82N8O12/c1-36(2)29-46-56(72)76-40(9)52(68)62(11)48(31-38(5)6)58(74)79-50(33-43-19-23-45(24-20-43)35-67-28-16-26-61-67)55(71)65(14)51(39(7)8)59(75)77-41(10)53(69)63(12)47(30-37(3)4)57(73)78-49(54(70)64(46)13)32-42-17-21-44(22-18-42)34-66-27-15-25-60-66/h15-28,36-41,46-51H,29-35H2,1-14H3/t40-,41-,46+,47+,48+,49-,50-,51?/m1/s1. The van der Waals surface area contributed by atoms with Crippen LogP contribution in [0.15, 0.2) is 85.5 Å². The molecule has 0 spiro atoms. The molecule has 79 heavy (non-hydrogen) atoms. The molecule has 0 bridgehead atoms. The number of esters is 4. The van der Waals surface area contributed by atoms with Gasteiger partial charge in [0.25, 0.3) is 23.6 Å². The lowest BCUT2D eigenvalue weighted by molar-refractivity contribution is -0.176. The second kappa shape index (κ2) is 28.5. The predicted molar refractivity (Wildman–Crippen MR) is 293 cm³/mol. The molecule has 8 atom stereocenters. The zero-order chi connectivity index (χ0) is 58.4. The first-order valence-electron chi connectivity index (χ1n) is 27.2. The first-order valence-corrected chi connectivity index (χ1v) is 27.2. The van der Waals surface area contributed by atoms with Gasteiger partial charge >= 0.3 is 23.9 Å². The largest absolute Gasteiger partial charge is 0.451 e. The van der Waals surface area contributed by atoms with Crippen molar-refractivity contribution in [3.63, 3.8) is 0 Å². The lowest BCUT2D eigenvalue weighted by Gasteiger charge is -2.36. The highest BCUT2D eigenvalue weighted by atomic mass is 16.6. The molecule has 4 aromatic rings. The van der Waals surface area contributed by atoms with Crippen molar-refractivity contribution < 1.29 is 57.3 Å². The van der Waals surface area contributed by atoms with Crippen molar-refractivity contribution in [1.29, 1.82) is 0 Å². The fourth-order valence-electron chi connectivity index (χ4n) is 9.63. The molecular weight excluding hydrogens is 1010 g/mol. The number of cyclic esters (lactones) is 4. The van der Waals surface area contributed by atoms with Crippen LogP contribution in [0.2, 0.25) is 0 Å². The van der Waals surface area contributed by atoms with Gasteiger partial charge in [0.15, 0.2) is 24.4 Å². The number of benzene rings is 2. The zero-order valence-corrected chi connectivity index (χ0v) is 48.4. The van der Waals surface area contributed by atoms with Crippen LogP contribution in [0.3, 0.4) is 0 Å². The van der Waals surface area contributed by atoms with E-state index in [-0.39, 0.29) is 49.9 Å². The summed E-state index contributed by atoms with van der Waals surface area (Å²) in [6.45, 7) is 18.2. The van der Waals surface area contributed by atoms with E-state index in [1.807, 2.05) is 90.3 Å². The Labute approximate surface area is 465 Å². The van der Waals surface area contributed by atoms with Crippen LogP contribution >= 0.6 is 0 Å². The highest BCUT2D eigenvalue weighted by Gasteiger charge is 2.43. The fraction of sp³-hybridized carbons (Fsp3) is 0.559. The minimum atomic E-state index is -1.53. The summed E-state index contributed by atoms with van der Waals surface area (Å²) in [4.78, 5) is 121. The Bertz CT molecular complexity index is 2660. The molecule has 20 heteroatoms. The van der Waals surface area contributed by atoms with Gasteiger partial charge in [-0.15, -0.1) is 0 Å². The molecule has 0 aliphatic carbocycles. The van der Waals surface area contributed by atoms with Crippen molar-refractivity contribution >= 4 is 47.5 Å². The van der Waals surface area contributed by atoms with Crippen LogP contribution in [-0.2, 0) is 83.2 Å². The van der Waals surface area contributed by atoms with E-state index in [1.54, 1.807) is 59.9 Å². The second-order valence-electron chi connectivity index (χ2n) is 22.4. The molecule has 4 amide bonds. The summed E-state index contributed by atoms with van der Waals surface area (Å²) in [5.74, 6) is -7.86. The maximum Gasteiger partial charge on any atom is 0.329 e. The Balaban J connectivity index is 1.58. The van der Waals surface area contributed by atoms with Gasteiger partial charge in [-0.3, -0.25) is 28.5 Å². The average Bonchev–Trinajstić information content (AvgIpc) is 4.15. The first-order chi connectivity index (χ1) is 37.2. The molecule has 0 radical (unpaired) electrons. The van der Waals surface area contributed by atoms with Crippen molar-refractivity contribution in [3.05, 3.63) is 108 Å². The van der Waals surface area contributed by atoms with E-state index >= 15 is 0 Å². The van der Waals surface area contributed by atoms with Crippen molar-refractivity contribution in [1.82, 2.24) is 39.2 Å². The Morgan fingerprint density at radius 1 is 0.430 bits per heavy atom. The van der Waals surface area contributed by atoms with Crippen LogP contribution in [-0.4, -0.2) is 163 Å². The summed E-state index contributed by atoms with van der Waals surface area (Å²) in [5.41, 5.74) is 3.06. The Kier molecular flexibility index (Phi) is 22.5. The number of likely N-dealkylation sites (N-methyl/N-ethyl adjacent to an activating group) is 4. The van der Waals surface area contributed by atoms with Crippen molar-refractivity contribution in [2.24, 2.45) is 23.7 Å². The SMILES string of the molecule is CC(C)C[C@H]1C(=O)O[C@H](Cc2ccc(Cn3cccn3)cc2)C(=O)N(C)[C@@H](CC(C)C)C(=O)O[C@H](C)C(=O)N(C)[C@@H](CC(C)C)C(=O)O[C@H](Cc2ccc(Cn3cccn3)cc2)C(=O)N(C)C(C(C)C)C(=O)O[C@H](C)C(=O)N1C. The smallest absolute Gasteiger partial charge is 0.329 e. The van der Waals surface area contributed by atoms with E-state index in [1.165, 1.54) is 42.0 Å². The molecule has 0 N–H and O–H groups in total. The molecule has 3 heterocycles. The van der Waals surface area contributed by atoms with E-state index in [9.17, 15) is 38.4 Å². The van der Waals surface area contributed by atoms with Crippen LogP contribution in [0.25, 0.3) is 0 Å². The monoisotopic (exact) mass is 1090 g/mol. The molecule has 20 nitrogen and oxygen atoms in total. The zero-order valence-electron chi connectivity index (χ0n) is 48.4. The summed E-state index contributed by atoms with van der Waals surface area (Å²) in [6.07, 6.45) is 0.976. The van der Waals surface area contributed by atoms with Crippen molar-refractivity contribution in [2.75, 3.05) is 28.2 Å². The number of rotatable bonds is 15. The van der Waals surface area contributed by atoms with Gasteiger partial charge in [0.1, 0.15) is 24.2 Å². The topological polar surface area (TPSA) is 222 Å². The number of aromatic nitrogens is 4. The molecule has 1 aliphatic rings. The van der Waals surface area contributed by atoms with Gasteiger partial charge < -0.3 is 38.5 Å². The lowest BCUT2D eigenvalue weighted by atomic mass is 9.99. The summed E-state index contributed by atoms with van der Waals surface area (Å²) < 4.78 is 27.6. The molecule has 430 valence electrons. The first kappa shape index (κ1) is 62.5. The van der Waals surface area contributed by atoms with Crippen LogP contribution < -0.4 is 0 Å². The lowest BCUT2D eigenvalue weighted by Crippen LogP contribution is -2.55. The van der Waals surface area contributed by atoms with Crippen LogP contribution in [0, 0.1) is 23.7 Å². The van der Waals surface area contributed by atoms with Gasteiger partial charge in [-0.1, -0.05) is 104 Å². The normalized spacial score (nSPS) is 23.4. The third-order valence-electron chi connectivity index (χ3n) is 14.0. The van der Waals surface area contributed by atoms with Gasteiger partial charge in [0.2, 0.25) is 0 Å². The summed E-state index contributed by atoms with van der Waals surface area (Å²) in [6, 6.07) is 13.1. The fourth-order valence-corrected chi connectivity index (χ4v) is 9.63. The van der Waals surface area contributed by atoms with E-state index < -0.39 is 102 Å². The molecule has 1 saturated heterocycles. The Hall–Kier alpha value is -7.38. The van der Waals surface area contributed by atoms with Crippen LogP contribution in [0.1, 0.15) is 111 Å². The van der Waals surface area contributed by atoms with E-state index in [4.69, 9.17) is 18.9 Å². The maximum absolute atomic E-state index is 14.9. The quantitative estimate of drug-likeness (QED) is 0.102. The minimum Gasteiger partial charge on any atom is -0.451 e. The minimum absolute atomic E-state index is 0.0837. The van der Waals surface area contributed by atoms with Gasteiger partial charge in [0, 0.05) is 65.8 Å². The molecule has 2 aromatic heterocycles. The molecule has 1 aliphatic heterocycles. The maximum atomic E-state index is 14.9. The third kappa shape index (κ3) is 17.3. The number of carbonyl (C=O) groups is 8. The van der Waals surface area contributed by atoms with Crippen LogP contribution in [0.5, 0.6) is 0 Å². The molecule has 1 unspecified atom stereocenters. The van der Waals surface area contributed by atoms with Gasteiger partial charge in [-0.05, 0) is 91.2 Å². The van der Waals surface area contributed by atoms with E-state index in [2.05, 4.69) is 10.2 Å². The number of nitrogens with zero attached hydrogens (tertiary/aromatic N) is 8. The summed E-state index contributed by atoms with van der Waals surface area (Å²) in [7, 11) is 5.54. The Morgan fingerprint density at radius 2 is 0.747 bits per heavy atom. The molecule has 5 rings (SSSR count). The number of ether oxygens (including phenoxy) is 4. The average molecular weight is 1100 g/mol. The molecule has 1 fully saturated rings. The molecule has 0 saturated carbocycles.